The SMILES string of the molecule is COC(=O)CC(O)CNCCCN(C)C. The summed E-state index contributed by atoms with van der Waals surface area (Å²) < 4.78 is 4.45. The van der Waals surface area contributed by atoms with Crippen LogP contribution in [0.15, 0.2) is 0 Å². The Labute approximate surface area is 91.4 Å². The first kappa shape index (κ1) is 14.3. The van der Waals surface area contributed by atoms with Crippen LogP contribution in [0.5, 0.6) is 0 Å². The fourth-order valence-corrected chi connectivity index (χ4v) is 1.14. The number of esters is 1. The number of nitrogens with one attached hydrogen (secondary N) is 1. The average Bonchev–Trinajstić information content (AvgIpc) is 2.16. The lowest BCUT2D eigenvalue weighted by molar-refractivity contribution is -0.142. The van der Waals surface area contributed by atoms with Gasteiger partial charge in [0.05, 0.1) is 19.6 Å². The maximum Gasteiger partial charge on any atom is 0.308 e. The number of methoxy groups -OCH3 is 1. The molecule has 0 aromatic carbocycles. The molecule has 0 fully saturated rings. The van der Waals surface area contributed by atoms with Gasteiger partial charge in [-0.05, 0) is 33.6 Å². The van der Waals surface area contributed by atoms with E-state index >= 15 is 0 Å². The number of carbonyl (C=O) groups excluding carboxylic acids is 1. The standard InChI is InChI=1S/C10H22N2O3/c1-12(2)6-4-5-11-8-9(13)7-10(14)15-3/h9,11,13H,4-8H2,1-3H3. The van der Waals surface area contributed by atoms with Gasteiger partial charge in [0.2, 0.25) is 0 Å². The molecular weight excluding hydrogens is 196 g/mol. The van der Waals surface area contributed by atoms with Gasteiger partial charge in [0.1, 0.15) is 0 Å². The summed E-state index contributed by atoms with van der Waals surface area (Å²) in [4.78, 5) is 12.9. The van der Waals surface area contributed by atoms with Gasteiger partial charge in [-0.2, -0.15) is 0 Å². The van der Waals surface area contributed by atoms with Crippen molar-refractivity contribution >= 4 is 5.97 Å². The number of ether oxygens (including phenoxy) is 1. The van der Waals surface area contributed by atoms with E-state index in [-0.39, 0.29) is 12.4 Å². The number of carbonyl (C=O) groups is 1. The van der Waals surface area contributed by atoms with Crippen molar-refractivity contribution in [3.8, 4) is 0 Å². The van der Waals surface area contributed by atoms with Crippen molar-refractivity contribution in [1.82, 2.24) is 10.2 Å². The Kier molecular flexibility index (Phi) is 8.27. The number of nitrogens with zero attached hydrogens (tertiary/aromatic N) is 1. The molecular formula is C10H22N2O3. The third-order valence-corrected chi connectivity index (χ3v) is 1.97. The predicted octanol–water partition coefficient (Wildman–Crippen LogP) is -0.548. The average molecular weight is 218 g/mol. The molecule has 2 N–H and O–H groups in total. The van der Waals surface area contributed by atoms with Gasteiger partial charge in [-0.15, -0.1) is 0 Å². The molecule has 0 radical (unpaired) electrons. The molecule has 0 aliphatic carbocycles. The van der Waals surface area contributed by atoms with E-state index in [2.05, 4.69) is 15.0 Å². The van der Waals surface area contributed by atoms with Crippen molar-refractivity contribution in [1.29, 1.82) is 0 Å². The molecule has 0 aliphatic heterocycles. The van der Waals surface area contributed by atoms with Crippen LogP contribution >= 0.6 is 0 Å². The summed E-state index contributed by atoms with van der Waals surface area (Å²) >= 11 is 0. The van der Waals surface area contributed by atoms with Crippen LogP contribution < -0.4 is 5.32 Å². The second-order valence-corrected chi connectivity index (χ2v) is 3.80. The zero-order valence-electron chi connectivity index (χ0n) is 9.82. The molecule has 0 saturated carbocycles. The molecule has 15 heavy (non-hydrogen) atoms. The molecule has 90 valence electrons. The Morgan fingerprint density at radius 2 is 2.20 bits per heavy atom. The first-order valence-electron chi connectivity index (χ1n) is 5.16. The summed E-state index contributed by atoms with van der Waals surface area (Å²) in [6, 6.07) is 0. The summed E-state index contributed by atoms with van der Waals surface area (Å²) in [5.74, 6) is -0.377. The normalized spacial score (nSPS) is 12.9. The monoisotopic (exact) mass is 218 g/mol. The van der Waals surface area contributed by atoms with Gasteiger partial charge in [-0.1, -0.05) is 0 Å². The van der Waals surface area contributed by atoms with Crippen LogP contribution in [-0.2, 0) is 9.53 Å². The molecule has 0 aromatic rings. The molecule has 0 amide bonds. The van der Waals surface area contributed by atoms with Gasteiger partial charge in [0.25, 0.3) is 0 Å². The third-order valence-electron chi connectivity index (χ3n) is 1.97. The van der Waals surface area contributed by atoms with Crippen LogP contribution in [0.3, 0.4) is 0 Å². The second-order valence-electron chi connectivity index (χ2n) is 3.80. The third kappa shape index (κ3) is 9.65. The quantitative estimate of drug-likeness (QED) is 0.423. The van der Waals surface area contributed by atoms with Gasteiger partial charge in [-0.3, -0.25) is 4.79 Å². The van der Waals surface area contributed by atoms with Crippen LogP contribution in [0, 0.1) is 0 Å². The van der Waals surface area contributed by atoms with Crippen molar-refractivity contribution < 1.29 is 14.6 Å². The lowest BCUT2D eigenvalue weighted by Crippen LogP contribution is -2.30. The van der Waals surface area contributed by atoms with E-state index in [4.69, 9.17) is 0 Å². The van der Waals surface area contributed by atoms with Crippen molar-refractivity contribution in [2.24, 2.45) is 0 Å². The zero-order chi connectivity index (χ0) is 11.7. The molecule has 0 heterocycles. The fraction of sp³-hybridized carbons (Fsp3) is 0.900. The smallest absolute Gasteiger partial charge is 0.308 e. The van der Waals surface area contributed by atoms with Crippen LogP contribution in [0.2, 0.25) is 0 Å². The Morgan fingerprint density at radius 3 is 2.73 bits per heavy atom. The minimum Gasteiger partial charge on any atom is -0.469 e. The molecule has 5 heteroatoms. The van der Waals surface area contributed by atoms with Crippen LogP contribution in [0.1, 0.15) is 12.8 Å². The van der Waals surface area contributed by atoms with E-state index in [9.17, 15) is 9.90 Å². The van der Waals surface area contributed by atoms with Gasteiger partial charge in [0.15, 0.2) is 0 Å². The summed E-state index contributed by atoms with van der Waals surface area (Å²) in [6.07, 6.45) is 0.423. The van der Waals surface area contributed by atoms with E-state index < -0.39 is 6.10 Å². The van der Waals surface area contributed by atoms with E-state index in [0.717, 1.165) is 19.5 Å². The topological polar surface area (TPSA) is 61.8 Å². The van der Waals surface area contributed by atoms with E-state index in [1.807, 2.05) is 14.1 Å². The molecule has 5 nitrogen and oxygen atoms in total. The highest BCUT2D eigenvalue weighted by atomic mass is 16.5. The maximum absolute atomic E-state index is 10.8. The lowest BCUT2D eigenvalue weighted by atomic mass is 10.2. The number of hydrogen-bond acceptors (Lipinski definition) is 5. The first-order chi connectivity index (χ1) is 7.06. The number of aliphatic hydroxyl groups excluding tert-OH is 1. The summed E-state index contributed by atoms with van der Waals surface area (Å²) in [6.45, 7) is 2.29. The van der Waals surface area contributed by atoms with Crippen molar-refractivity contribution in [3.63, 3.8) is 0 Å². The minimum atomic E-state index is -0.656. The highest BCUT2D eigenvalue weighted by molar-refractivity contribution is 5.69. The highest BCUT2D eigenvalue weighted by Gasteiger charge is 2.09. The number of hydrogen-bond donors (Lipinski definition) is 2. The molecule has 1 unspecified atom stereocenters. The molecule has 0 aliphatic rings. The minimum absolute atomic E-state index is 0.0528. The van der Waals surface area contributed by atoms with Gasteiger partial charge >= 0.3 is 5.97 Å². The highest BCUT2D eigenvalue weighted by Crippen LogP contribution is 1.92. The zero-order valence-corrected chi connectivity index (χ0v) is 9.82. The van der Waals surface area contributed by atoms with Crippen molar-refractivity contribution in [2.45, 2.75) is 18.9 Å². The van der Waals surface area contributed by atoms with E-state index in [1.165, 1.54) is 7.11 Å². The summed E-state index contributed by atoms with van der Waals surface area (Å²) in [7, 11) is 5.36. The maximum atomic E-state index is 10.8. The van der Waals surface area contributed by atoms with Crippen LogP contribution in [0.25, 0.3) is 0 Å². The Morgan fingerprint density at radius 1 is 1.53 bits per heavy atom. The van der Waals surface area contributed by atoms with E-state index in [1.54, 1.807) is 0 Å². The van der Waals surface area contributed by atoms with Gasteiger partial charge in [-0.25, -0.2) is 0 Å². The second kappa shape index (κ2) is 8.64. The van der Waals surface area contributed by atoms with Gasteiger partial charge < -0.3 is 20.1 Å². The molecule has 0 aromatic heterocycles. The summed E-state index contributed by atoms with van der Waals surface area (Å²) in [5.41, 5.74) is 0. The van der Waals surface area contributed by atoms with E-state index in [0.29, 0.717) is 6.54 Å². The Bertz CT molecular complexity index is 174. The number of aliphatic hydroxyl groups is 1. The van der Waals surface area contributed by atoms with Crippen molar-refractivity contribution in [3.05, 3.63) is 0 Å². The summed E-state index contributed by atoms with van der Waals surface area (Å²) in [5, 5.41) is 12.5. The largest absolute Gasteiger partial charge is 0.469 e. The lowest BCUT2D eigenvalue weighted by Gasteiger charge is -2.12. The predicted molar refractivity (Wildman–Crippen MR) is 58.7 cm³/mol. The molecule has 0 saturated heterocycles. The Hall–Kier alpha value is -0.650. The molecule has 0 spiro atoms. The van der Waals surface area contributed by atoms with Crippen molar-refractivity contribution in [2.75, 3.05) is 40.8 Å². The molecule has 1 atom stereocenters. The Balaban J connectivity index is 3.31. The van der Waals surface area contributed by atoms with Crippen LogP contribution in [0.4, 0.5) is 0 Å². The fourth-order valence-electron chi connectivity index (χ4n) is 1.14. The van der Waals surface area contributed by atoms with Crippen LogP contribution in [-0.4, -0.2) is 62.9 Å². The van der Waals surface area contributed by atoms with Gasteiger partial charge in [0, 0.05) is 6.54 Å². The number of rotatable bonds is 8. The first-order valence-corrected chi connectivity index (χ1v) is 5.16. The molecule has 0 rings (SSSR count). The molecule has 0 bridgehead atoms.